The van der Waals surface area contributed by atoms with E-state index in [0.29, 0.717) is 10.9 Å². The number of sulfonamides is 1. The molecule has 12 heteroatoms. The van der Waals surface area contributed by atoms with E-state index >= 15 is 0 Å². The lowest BCUT2D eigenvalue weighted by Gasteiger charge is -2.10. The normalized spacial score (nSPS) is 11.4. The van der Waals surface area contributed by atoms with Gasteiger partial charge in [0.25, 0.3) is 11.2 Å². The first-order valence-electron chi connectivity index (χ1n) is 9.14. The minimum absolute atomic E-state index is 0.0398. The molecule has 0 atom stereocenters. The number of rotatable bonds is 8. The number of hydrogen-bond donors (Lipinski definition) is 2. The minimum Gasteiger partial charge on any atom is -0.353 e. The zero-order valence-electron chi connectivity index (χ0n) is 16.4. The van der Waals surface area contributed by atoms with Crippen LogP contribution in [0.5, 0.6) is 0 Å². The molecule has 0 fully saturated rings. The minimum atomic E-state index is -3.98. The zero-order valence-corrected chi connectivity index (χ0v) is 17.3. The van der Waals surface area contributed by atoms with E-state index in [1.54, 1.807) is 12.1 Å². The molecule has 0 saturated carbocycles. The summed E-state index contributed by atoms with van der Waals surface area (Å²) in [4.78, 5) is 38.7. The molecule has 3 aromatic rings. The van der Waals surface area contributed by atoms with E-state index in [4.69, 9.17) is 0 Å². The summed E-state index contributed by atoms with van der Waals surface area (Å²) in [5.74, 6) is -0.495. The van der Waals surface area contributed by atoms with Crippen molar-refractivity contribution < 1.29 is 18.1 Å². The van der Waals surface area contributed by atoms with Crippen LogP contribution >= 0.6 is 0 Å². The molecule has 0 bridgehead atoms. The van der Waals surface area contributed by atoms with Crippen LogP contribution in [0.2, 0.25) is 0 Å². The van der Waals surface area contributed by atoms with Crippen molar-refractivity contribution in [1.29, 1.82) is 0 Å². The molecule has 0 spiro atoms. The third-order valence-corrected chi connectivity index (χ3v) is 5.91. The largest absolute Gasteiger partial charge is 0.353 e. The van der Waals surface area contributed by atoms with E-state index in [2.05, 4.69) is 15.0 Å². The van der Waals surface area contributed by atoms with E-state index in [9.17, 15) is 28.1 Å². The highest BCUT2D eigenvalue weighted by Gasteiger charge is 2.17. The summed E-state index contributed by atoms with van der Waals surface area (Å²) < 4.78 is 27.9. The van der Waals surface area contributed by atoms with E-state index in [1.807, 2.05) is 13.0 Å². The summed E-state index contributed by atoms with van der Waals surface area (Å²) in [6.07, 6.45) is 1.29. The Morgan fingerprint density at radius 1 is 1.19 bits per heavy atom. The number of carbonyl (C=O) groups excluding carboxylic acids is 1. The molecule has 162 valence electrons. The first-order chi connectivity index (χ1) is 14.7. The van der Waals surface area contributed by atoms with Crippen LogP contribution < -0.4 is 15.6 Å². The first-order valence-corrected chi connectivity index (χ1v) is 10.6. The highest BCUT2D eigenvalue weighted by atomic mass is 32.2. The number of hydrogen-bond acceptors (Lipinski definition) is 7. The summed E-state index contributed by atoms with van der Waals surface area (Å²) in [6, 6.07) is 9.83. The molecular formula is C19H19N5O6S. The number of aryl methyl sites for hydroxylation is 1. The lowest BCUT2D eigenvalue weighted by molar-refractivity contribution is -0.385. The Morgan fingerprint density at radius 3 is 2.68 bits per heavy atom. The fourth-order valence-electron chi connectivity index (χ4n) is 2.90. The Hall–Kier alpha value is -3.64. The van der Waals surface area contributed by atoms with Crippen LogP contribution in [0.15, 0.2) is 58.5 Å². The average molecular weight is 445 g/mol. The number of fused-ring (bicyclic) bond motifs is 1. The van der Waals surface area contributed by atoms with Crippen LogP contribution in [-0.2, 0) is 21.4 Å². The molecule has 31 heavy (non-hydrogen) atoms. The fraction of sp³-hybridized carbons (Fsp3) is 0.211. The average Bonchev–Trinajstić information content (AvgIpc) is 2.74. The van der Waals surface area contributed by atoms with Crippen molar-refractivity contribution >= 4 is 32.5 Å². The van der Waals surface area contributed by atoms with Crippen molar-refractivity contribution in [2.75, 3.05) is 13.1 Å². The number of aromatic nitrogens is 2. The van der Waals surface area contributed by atoms with Crippen LogP contribution in [0.3, 0.4) is 0 Å². The molecule has 3 rings (SSSR count). The van der Waals surface area contributed by atoms with Crippen LogP contribution in [0.4, 0.5) is 5.69 Å². The number of amides is 1. The van der Waals surface area contributed by atoms with Gasteiger partial charge in [-0.1, -0.05) is 18.2 Å². The summed E-state index contributed by atoms with van der Waals surface area (Å²) in [5.41, 5.74) is 0.720. The Morgan fingerprint density at radius 2 is 1.94 bits per heavy atom. The zero-order chi connectivity index (χ0) is 22.6. The first kappa shape index (κ1) is 22.1. The predicted molar refractivity (Wildman–Crippen MR) is 112 cm³/mol. The summed E-state index contributed by atoms with van der Waals surface area (Å²) >= 11 is 0. The van der Waals surface area contributed by atoms with Crippen molar-refractivity contribution in [2.45, 2.75) is 18.4 Å². The summed E-state index contributed by atoms with van der Waals surface area (Å²) in [7, 11) is -3.98. The van der Waals surface area contributed by atoms with Crippen molar-refractivity contribution in [2.24, 2.45) is 0 Å². The van der Waals surface area contributed by atoms with Crippen molar-refractivity contribution in [3.63, 3.8) is 0 Å². The second-order valence-electron chi connectivity index (χ2n) is 6.65. The number of carbonyl (C=O) groups is 1. The van der Waals surface area contributed by atoms with E-state index in [1.165, 1.54) is 29.1 Å². The van der Waals surface area contributed by atoms with Crippen LogP contribution in [0.25, 0.3) is 10.9 Å². The fourth-order valence-corrected chi connectivity index (χ4v) is 3.97. The number of benzene rings is 2. The molecule has 1 aromatic heterocycles. The Labute approximate surface area is 176 Å². The van der Waals surface area contributed by atoms with Gasteiger partial charge in [-0.2, -0.15) is 0 Å². The summed E-state index contributed by atoms with van der Waals surface area (Å²) in [6.45, 7) is 1.39. The van der Waals surface area contributed by atoms with Crippen molar-refractivity contribution in [1.82, 2.24) is 19.6 Å². The number of nitro groups is 1. The maximum Gasteiger partial charge on any atom is 0.270 e. The molecule has 1 heterocycles. The van der Waals surface area contributed by atoms with Gasteiger partial charge in [0.15, 0.2) is 0 Å². The van der Waals surface area contributed by atoms with Crippen LogP contribution in [0.1, 0.15) is 5.56 Å². The van der Waals surface area contributed by atoms with Gasteiger partial charge in [0, 0.05) is 25.2 Å². The van der Waals surface area contributed by atoms with Gasteiger partial charge in [0.1, 0.15) is 6.54 Å². The van der Waals surface area contributed by atoms with Crippen molar-refractivity contribution in [3.8, 4) is 0 Å². The molecule has 0 saturated heterocycles. The Balaban J connectivity index is 1.57. The van der Waals surface area contributed by atoms with Crippen LogP contribution in [0, 0.1) is 17.0 Å². The maximum atomic E-state index is 12.5. The third-order valence-electron chi connectivity index (χ3n) is 4.45. The predicted octanol–water partition coefficient (Wildman–Crippen LogP) is 0.708. The maximum absolute atomic E-state index is 12.5. The number of nitro benzene ring substituents is 1. The van der Waals surface area contributed by atoms with E-state index in [-0.39, 0.29) is 35.8 Å². The van der Waals surface area contributed by atoms with Gasteiger partial charge >= 0.3 is 0 Å². The molecule has 0 unspecified atom stereocenters. The Kier molecular flexibility index (Phi) is 6.42. The van der Waals surface area contributed by atoms with Gasteiger partial charge in [-0.15, -0.1) is 0 Å². The Bertz CT molecular complexity index is 1320. The molecule has 0 aliphatic heterocycles. The molecule has 11 nitrogen and oxygen atoms in total. The topological polar surface area (TPSA) is 153 Å². The summed E-state index contributed by atoms with van der Waals surface area (Å²) in [5, 5.41) is 13.7. The molecule has 2 N–H and O–H groups in total. The third kappa shape index (κ3) is 5.10. The highest BCUT2D eigenvalue weighted by Crippen LogP contribution is 2.16. The van der Waals surface area contributed by atoms with Gasteiger partial charge in [0.05, 0.1) is 27.0 Å². The van der Waals surface area contributed by atoms with E-state index < -0.39 is 20.9 Å². The van der Waals surface area contributed by atoms with Gasteiger partial charge < -0.3 is 5.32 Å². The van der Waals surface area contributed by atoms with Gasteiger partial charge in [-0.05, 0) is 24.6 Å². The number of para-hydroxylation sites is 1. The van der Waals surface area contributed by atoms with Gasteiger partial charge in [-0.3, -0.25) is 24.3 Å². The molecule has 2 aromatic carbocycles. The molecule has 0 radical (unpaired) electrons. The highest BCUT2D eigenvalue weighted by molar-refractivity contribution is 7.89. The van der Waals surface area contributed by atoms with Crippen LogP contribution in [-0.4, -0.2) is 41.9 Å². The van der Waals surface area contributed by atoms with Gasteiger partial charge in [0.2, 0.25) is 15.9 Å². The second-order valence-corrected chi connectivity index (χ2v) is 8.42. The quantitative estimate of drug-likeness (QED) is 0.294. The van der Waals surface area contributed by atoms with Crippen molar-refractivity contribution in [3.05, 3.63) is 74.8 Å². The molecule has 0 aliphatic rings. The lowest BCUT2D eigenvalue weighted by atomic mass is 10.1. The molecule has 0 aliphatic carbocycles. The second kappa shape index (κ2) is 9.02. The number of nitrogens with zero attached hydrogens (tertiary/aromatic N) is 3. The smallest absolute Gasteiger partial charge is 0.270 e. The standard InChI is InChI=1S/C19H19N5O6S/c1-13-4-2-7-16-18(13)21-12-23(19(16)26)11-17(25)20-8-9-22-31(29,30)15-6-3-5-14(10-15)24(27)28/h2-7,10,12,22H,8-9,11H2,1H3,(H,20,25). The monoisotopic (exact) mass is 445 g/mol. The molecular weight excluding hydrogens is 426 g/mol. The number of nitrogens with one attached hydrogen (secondary N) is 2. The SMILES string of the molecule is Cc1cccc2c(=O)n(CC(=O)NCCNS(=O)(=O)c3cccc([N+](=O)[O-])c3)cnc12. The number of non-ortho nitro benzene ring substituents is 1. The van der Waals surface area contributed by atoms with Gasteiger partial charge in [-0.25, -0.2) is 18.1 Å². The van der Waals surface area contributed by atoms with E-state index in [0.717, 1.165) is 11.6 Å². The lowest BCUT2D eigenvalue weighted by Crippen LogP contribution is -2.37. The molecule has 1 amide bonds.